The van der Waals surface area contributed by atoms with Crippen LogP contribution in [0.4, 0.5) is 13.2 Å². The monoisotopic (exact) mass is 319 g/mol. The molecular formula is C15H17ClF3NO. The molecule has 0 saturated heterocycles. The van der Waals surface area contributed by atoms with Crippen molar-refractivity contribution in [3.63, 3.8) is 0 Å². The lowest BCUT2D eigenvalue weighted by Crippen LogP contribution is -2.21. The van der Waals surface area contributed by atoms with E-state index in [1.807, 2.05) is 13.8 Å². The summed E-state index contributed by atoms with van der Waals surface area (Å²) in [6, 6.07) is 8.90. The molecule has 0 bridgehead atoms. The molecule has 0 spiro atoms. The summed E-state index contributed by atoms with van der Waals surface area (Å²) < 4.78 is 43.5. The Kier molecular flexibility index (Phi) is 5.87. The van der Waals surface area contributed by atoms with Crippen LogP contribution in [0.2, 0.25) is 0 Å². The van der Waals surface area contributed by atoms with Crippen LogP contribution in [-0.4, -0.2) is 6.04 Å². The number of hydrogen-bond donors (Lipinski definition) is 1. The molecule has 2 rings (SSSR count). The van der Waals surface area contributed by atoms with Crippen molar-refractivity contribution < 1.29 is 17.6 Å². The van der Waals surface area contributed by atoms with Gasteiger partial charge in [-0.15, -0.1) is 12.4 Å². The SMILES string of the molecule is CC(C)NCc1ccc(-c2cccc(C(F)(F)F)c2)o1.Cl. The van der Waals surface area contributed by atoms with Gasteiger partial charge >= 0.3 is 6.18 Å². The van der Waals surface area contributed by atoms with Gasteiger partial charge in [0, 0.05) is 11.6 Å². The maximum absolute atomic E-state index is 12.7. The summed E-state index contributed by atoms with van der Waals surface area (Å²) in [4.78, 5) is 0. The molecule has 0 aliphatic heterocycles. The van der Waals surface area contributed by atoms with E-state index < -0.39 is 11.7 Å². The zero-order chi connectivity index (χ0) is 14.8. The minimum Gasteiger partial charge on any atom is -0.460 e. The van der Waals surface area contributed by atoms with Gasteiger partial charge in [0.2, 0.25) is 0 Å². The molecule has 0 fully saturated rings. The Morgan fingerprint density at radius 3 is 2.48 bits per heavy atom. The Hall–Kier alpha value is -1.46. The maximum atomic E-state index is 12.7. The normalized spacial score (nSPS) is 11.5. The molecule has 0 atom stereocenters. The summed E-state index contributed by atoms with van der Waals surface area (Å²) in [6.45, 7) is 4.57. The molecular weight excluding hydrogens is 303 g/mol. The number of benzene rings is 1. The molecule has 6 heteroatoms. The van der Waals surface area contributed by atoms with Crippen molar-refractivity contribution in [2.45, 2.75) is 32.6 Å². The first-order valence-corrected chi connectivity index (χ1v) is 6.36. The van der Waals surface area contributed by atoms with Crippen molar-refractivity contribution in [2.75, 3.05) is 0 Å². The quantitative estimate of drug-likeness (QED) is 0.868. The van der Waals surface area contributed by atoms with Crippen LogP contribution in [0.1, 0.15) is 25.2 Å². The van der Waals surface area contributed by atoms with Crippen molar-refractivity contribution in [3.8, 4) is 11.3 Å². The highest BCUT2D eigenvalue weighted by Crippen LogP contribution is 2.32. The van der Waals surface area contributed by atoms with Gasteiger partial charge in [-0.3, -0.25) is 0 Å². The number of nitrogens with one attached hydrogen (secondary N) is 1. The molecule has 21 heavy (non-hydrogen) atoms. The number of rotatable bonds is 4. The highest BCUT2D eigenvalue weighted by Gasteiger charge is 2.30. The molecule has 0 unspecified atom stereocenters. The maximum Gasteiger partial charge on any atom is 0.416 e. The smallest absolute Gasteiger partial charge is 0.416 e. The van der Waals surface area contributed by atoms with Gasteiger partial charge in [0.25, 0.3) is 0 Å². The van der Waals surface area contributed by atoms with Crippen LogP contribution >= 0.6 is 12.4 Å². The minimum atomic E-state index is -4.34. The molecule has 0 aliphatic rings. The van der Waals surface area contributed by atoms with E-state index in [-0.39, 0.29) is 12.4 Å². The fourth-order valence-corrected chi connectivity index (χ4v) is 1.78. The molecule has 2 nitrogen and oxygen atoms in total. The number of hydrogen-bond acceptors (Lipinski definition) is 2. The van der Waals surface area contributed by atoms with Gasteiger partial charge in [0.1, 0.15) is 11.5 Å². The Balaban J connectivity index is 0.00000220. The topological polar surface area (TPSA) is 25.2 Å². The van der Waals surface area contributed by atoms with Gasteiger partial charge in [-0.05, 0) is 24.3 Å². The summed E-state index contributed by atoms with van der Waals surface area (Å²) in [7, 11) is 0. The summed E-state index contributed by atoms with van der Waals surface area (Å²) >= 11 is 0. The third-order valence-electron chi connectivity index (χ3n) is 2.82. The Labute approximate surface area is 127 Å². The predicted octanol–water partition coefficient (Wildman–Crippen LogP) is 4.89. The molecule has 1 aromatic carbocycles. The lowest BCUT2D eigenvalue weighted by atomic mass is 10.1. The van der Waals surface area contributed by atoms with Crippen molar-refractivity contribution in [1.29, 1.82) is 0 Å². The number of halogens is 4. The van der Waals surface area contributed by atoms with Crippen LogP contribution in [0.3, 0.4) is 0 Å². The summed E-state index contributed by atoms with van der Waals surface area (Å²) in [5, 5.41) is 3.19. The minimum absolute atomic E-state index is 0. The molecule has 2 aromatic rings. The van der Waals surface area contributed by atoms with Crippen LogP contribution in [-0.2, 0) is 12.7 Å². The molecule has 0 radical (unpaired) electrons. The van der Waals surface area contributed by atoms with Crippen LogP contribution in [0.15, 0.2) is 40.8 Å². The van der Waals surface area contributed by atoms with Gasteiger partial charge in [0.05, 0.1) is 12.1 Å². The van der Waals surface area contributed by atoms with Crippen molar-refractivity contribution in [2.24, 2.45) is 0 Å². The second-order valence-electron chi connectivity index (χ2n) is 4.88. The first-order valence-electron chi connectivity index (χ1n) is 6.36. The van der Waals surface area contributed by atoms with E-state index in [1.165, 1.54) is 6.07 Å². The number of furan rings is 1. The fourth-order valence-electron chi connectivity index (χ4n) is 1.78. The summed E-state index contributed by atoms with van der Waals surface area (Å²) in [5.41, 5.74) is -0.246. The van der Waals surface area contributed by atoms with Crippen LogP contribution in [0.25, 0.3) is 11.3 Å². The third kappa shape index (κ3) is 4.79. The molecule has 116 valence electrons. The van der Waals surface area contributed by atoms with E-state index in [2.05, 4.69) is 5.32 Å². The molecule has 0 amide bonds. The van der Waals surface area contributed by atoms with E-state index in [9.17, 15) is 13.2 Å². The third-order valence-corrected chi connectivity index (χ3v) is 2.82. The van der Waals surface area contributed by atoms with Crippen LogP contribution < -0.4 is 5.32 Å². The van der Waals surface area contributed by atoms with Crippen LogP contribution in [0.5, 0.6) is 0 Å². The van der Waals surface area contributed by atoms with E-state index in [1.54, 1.807) is 18.2 Å². The predicted molar refractivity (Wildman–Crippen MR) is 78.4 cm³/mol. The van der Waals surface area contributed by atoms with Crippen LogP contribution in [0, 0.1) is 0 Å². The molecule has 0 aliphatic carbocycles. The molecule has 1 heterocycles. The van der Waals surface area contributed by atoms with E-state index in [0.717, 1.165) is 12.1 Å². The Bertz CT molecular complexity index is 578. The first-order chi connectivity index (χ1) is 9.36. The average Bonchev–Trinajstić information content (AvgIpc) is 2.84. The van der Waals surface area contributed by atoms with Gasteiger partial charge in [-0.25, -0.2) is 0 Å². The lowest BCUT2D eigenvalue weighted by Gasteiger charge is -2.07. The zero-order valence-electron chi connectivity index (χ0n) is 11.7. The summed E-state index contributed by atoms with van der Waals surface area (Å²) in [5.74, 6) is 1.14. The summed E-state index contributed by atoms with van der Waals surface area (Å²) in [6.07, 6.45) is -4.34. The molecule has 0 saturated carbocycles. The van der Waals surface area contributed by atoms with Gasteiger partial charge in [-0.2, -0.15) is 13.2 Å². The van der Waals surface area contributed by atoms with E-state index in [0.29, 0.717) is 29.7 Å². The zero-order valence-corrected chi connectivity index (χ0v) is 12.5. The Morgan fingerprint density at radius 1 is 1.14 bits per heavy atom. The molecule has 1 N–H and O–H groups in total. The highest BCUT2D eigenvalue weighted by molar-refractivity contribution is 5.85. The van der Waals surface area contributed by atoms with Gasteiger partial charge in [0.15, 0.2) is 0 Å². The number of alkyl halides is 3. The van der Waals surface area contributed by atoms with Gasteiger partial charge < -0.3 is 9.73 Å². The standard InChI is InChI=1S/C15H16F3NO.ClH/c1-10(2)19-9-13-6-7-14(20-13)11-4-3-5-12(8-11)15(16,17)18;/h3-8,10,19H,9H2,1-2H3;1H. The second kappa shape index (κ2) is 7.00. The van der Waals surface area contributed by atoms with Gasteiger partial charge in [-0.1, -0.05) is 26.0 Å². The average molecular weight is 320 g/mol. The molecule has 1 aromatic heterocycles. The van der Waals surface area contributed by atoms with E-state index >= 15 is 0 Å². The largest absolute Gasteiger partial charge is 0.460 e. The van der Waals surface area contributed by atoms with Crippen molar-refractivity contribution >= 4 is 12.4 Å². The first kappa shape index (κ1) is 17.6. The second-order valence-corrected chi connectivity index (χ2v) is 4.88. The van der Waals surface area contributed by atoms with Crippen molar-refractivity contribution in [3.05, 3.63) is 47.7 Å². The fraction of sp³-hybridized carbons (Fsp3) is 0.333. The Morgan fingerprint density at radius 2 is 1.86 bits per heavy atom. The lowest BCUT2D eigenvalue weighted by molar-refractivity contribution is -0.137. The van der Waals surface area contributed by atoms with Crippen molar-refractivity contribution in [1.82, 2.24) is 5.32 Å². The highest BCUT2D eigenvalue weighted by atomic mass is 35.5. The van der Waals surface area contributed by atoms with E-state index in [4.69, 9.17) is 4.42 Å².